The zero-order chi connectivity index (χ0) is 23.5. The second-order valence-electron chi connectivity index (χ2n) is 8.58. The molecule has 8 heteroatoms. The average Bonchev–Trinajstić information content (AvgIpc) is 3.27. The Labute approximate surface area is 197 Å². The number of hydrogen-bond acceptors (Lipinski definition) is 5. The van der Waals surface area contributed by atoms with Crippen LogP contribution in [0.3, 0.4) is 0 Å². The first-order valence-corrected chi connectivity index (χ1v) is 11.3. The Balaban J connectivity index is 1.22. The summed E-state index contributed by atoms with van der Waals surface area (Å²) in [4.78, 5) is 21.0. The third kappa shape index (κ3) is 4.78. The fourth-order valence-electron chi connectivity index (χ4n) is 4.40. The number of benzene rings is 2. The number of hydroxylamine groups is 1. The lowest BCUT2D eigenvalue weighted by molar-refractivity contribution is 0.0706. The van der Waals surface area contributed by atoms with Gasteiger partial charge in [-0.1, -0.05) is 24.3 Å². The summed E-state index contributed by atoms with van der Waals surface area (Å²) in [6, 6.07) is 18.1. The van der Waals surface area contributed by atoms with Crippen LogP contribution >= 0.6 is 0 Å². The summed E-state index contributed by atoms with van der Waals surface area (Å²) in [6.07, 6.45) is 3.96. The van der Waals surface area contributed by atoms with Gasteiger partial charge in [-0.2, -0.15) is 0 Å². The van der Waals surface area contributed by atoms with Gasteiger partial charge in [-0.05, 0) is 47.5 Å². The van der Waals surface area contributed by atoms with Crippen LogP contribution < -0.4 is 10.4 Å². The van der Waals surface area contributed by atoms with E-state index in [1.54, 1.807) is 17.6 Å². The van der Waals surface area contributed by atoms with E-state index in [-0.39, 0.29) is 5.82 Å². The number of piperazine rings is 1. The Bertz CT molecular complexity index is 1280. The maximum Gasteiger partial charge on any atom is 0.274 e. The summed E-state index contributed by atoms with van der Waals surface area (Å²) in [6.45, 7) is 5.20. The van der Waals surface area contributed by atoms with Gasteiger partial charge >= 0.3 is 0 Å². The molecule has 0 unspecified atom stereocenters. The molecule has 1 aliphatic rings. The van der Waals surface area contributed by atoms with E-state index in [0.29, 0.717) is 12.1 Å². The number of hydrogen-bond donors (Lipinski definition) is 2. The number of amides is 1. The number of nitrogens with zero attached hydrogens (tertiary/aromatic N) is 4. The molecule has 2 aromatic heterocycles. The molecule has 7 nitrogen and oxygen atoms in total. The minimum atomic E-state index is -0.525. The Morgan fingerprint density at radius 3 is 2.32 bits per heavy atom. The predicted molar refractivity (Wildman–Crippen MR) is 128 cm³/mol. The zero-order valence-electron chi connectivity index (χ0n) is 18.7. The van der Waals surface area contributed by atoms with Crippen LogP contribution in [-0.2, 0) is 13.1 Å². The quantitative estimate of drug-likeness (QED) is 0.340. The molecule has 2 N–H and O–H groups in total. The van der Waals surface area contributed by atoms with Gasteiger partial charge in [0.25, 0.3) is 5.91 Å². The lowest BCUT2D eigenvalue weighted by Crippen LogP contribution is -2.46. The number of pyridine rings is 1. The highest BCUT2D eigenvalue weighted by atomic mass is 19.1. The second-order valence-corrected chi connectivity index (χ2v) is 8.58. The summed E-state index contributed by atoms with van der Waals surface area (Å²) in [5, 5.41) is 9.84. The molecular formula is C26H26FN5O2. The van der Waals surface area contributed by atoms with Gasteiger partial charge in [-0.15, -0.1) is 0 Å². The number of carbonyl (C=O) groups is 1. The van der Waals surface area contributed by atoms with Crippen molar-refractivity contribution >= 4 is 22.6 Å². The van der Waals surface area contributed by atoms with Crippen LogP contribution in [0, 0.1) is 5.82 Å². The van der Waals surface area contributed by atoms with E-state index in [2.05, 4.69) is 26.5 Å². The van der Waals surface area contributed by atoms with Gasteiger partial charge < -0.3 is 9.47 Å². The molecule has 3 heterocycles. The average molecular weight is 460 g/mol. The van der Waals surface area contributed by atoms with Crippen molar-refractivity contribution in [2.45, 2.75) is 13.1 Å². The summed E-state index contributed by atoms with van der Waals surface area (Å²) in [5.74, 6) is -0.723. The fourth-order valence-corrected chi connectivity index (χ4v) is 4.40. The highest BCUT2D eigenvalue weighted by molar-refractivity contribution is 5.93. The third-order valence-electron chi connectivity index (χ3n) is 6.31. The molecule has 4 aromatic rings. The Morgan fingerprint density at radius 1 is 0.941 bits per heavy atom. The first-order chi connectivity index (χ1) is 16.6. The number of rotatable bonds is 6. The molecule has 1 saturated heterocycles. The Morgan fingerprint density at radius 2 is 1.62 bits per heavy atom. The van der Waals surface area contributed by atoms with Gasteiger partial charge in [0, 0.05) is 56.4 Å². The molecule has 174 valence electrons. The van der Waals surface area contributed by atoms with E-state index in [9.17, 15) is 9.18 Å². The largest absolute Gasteiger partial charge is 0.368 e. The van der Waals surface area contributed by atoms with E-state index >= 15 is 0 Å². The number of halogens is 1. The summed E-state index contributed by atoms with van der Waals surface area (Å²) in [7, 11) is 0. The molecule has 1 aliphatic heterocycles. The van der Waals surface area contributed by atoms with Crippen LogP contribution in [0.15, 0.2) is 73.1 Å². The lowest BCUT2D eigenvalue weighted by Gasteiger charge is -2.36. The van der Waals surface area contributed by atoms with E-state index in [4.69, 9.17) is 10.2 Å². The highest BCUT2D eigenvalue weighted by Gasteiger charge is 2.18. The lowest BCUT2D eigenvalue weighted by atomic mass is 10.1. The van der Waals surface area contributed by atoms with Crippen LogP contribution in [0.1, 0.15) is 21.5 Å². The highest BCUT2D eigenvalue weighted by Crippen LogP contribution is 2.23. The maximum atomic E-state index is 13.1. The van der Waals surface area contributed by atoms with Gasteiger partial charge in [-0.3, -0.25) is 14.9 Å². The summed E-state index contributed by atoms with van der Waals surface area (Å²) in [5.41, 5.74) is 6.25. The van der Waals surface area contributed by atoms with Crippen molar-refractivity contribution < 1.29 is 14.4 Å². The van der Waals surface area contributed by atoms with Gasteiger partial charge in [0.05, 0.1) is 11.9 Å². The molecule has 34 heavy (non-hydrogen) atoms. The molecule has 0 aliphatic carbocycles. The van der Waals surface area contributed by atoms with Crippen molar-refractivity contribution in [3.8, 4) is 0 Å². The smallest absolute Gasteiger partial charge is 0.274 e. The third-order valence-corrected chi connectivity index (χ3v) is 6.31. The molecule has 2 aromatic carbocycles. The van der Waals surface area contributed by atoms with Gasteiger partial charge in [0.1, 0.15) is 11.5 Å². The van der Waals surface area contributed by atoms with Crippen LogP contribution in [0.4, 0.5) is 10.1 Å². The number of anilines is 1. The van der Waals surface area contributed by atoms with E-state index in [0.717, 1.165) is 60.6 Å². The first-order valence-electron chi connectivity index (χ1n) is 11.3. The van der Waals surface area contributed by atoms with Crippen molar-refractivity contribution in [2.75, 3.05) is 31.1 Å². The standard InChI is InChI=1S/C26H26FN5O2/c27-23-7-3-19(4-8-23)17-30-11-13-31(14-12-30)24-15-22-9-10-32(25(22)28-16-24)18-20-1-5-21(6-2-20)26(33)29-34/h1-10,15-16,34H,11-14,17-18H2,(H,29,33). The predicted octanol–water partition coefficient (Wildman–Crippen LogP) is 3.66. The van der Waals surface area contributed by atoms with Crippen LogP contribution in [0.5, 0.6) is 0 Å². The second kappa shape index (κ2) is 9.62. The summed E-state index contributed by atoms with van der Waals surface area (Å²) < 4.78 is 15.2. The number of nitrogens with one attached hydrogen (secondary N) is 1. The Kier molecular flexibility index (Phi) is 6.24. The number of aromatic nitrogens is 2. The van der Waals surface area contributed by atoms with Gasteiger partial charge in [0.2, 0.25) is 0 Å². The molecule has 0 bridgehead atoms. The fraction of sp³-hybridized carbons (Fsp3) is 0.231. The maximum absolute atomic E-state index is 13.1. The molecule has 0 saturated carbocycles. The van der Waals surface area contributed by atoms with Crippen LogP contribution in [0.25, 0.3) is 11.0 Å². The van der Waals surface area contributed by atoms with Crippen molar-refractivity contribution in [3.05, 3.63) is 95.6 Å². The first kappa shape index (κ1) is 22.1. The molecular weight excluding hydrogens is 433 g/mol. The molecule has 5 rings (SSSR count). The number of fused-ring (bicyclic) bond motifs is 1. The van der Waals surface area contributed by atoms with Crippen molar-refractivity contribution in [1.82, 2.24) is 19.9 Å². The normalized spacial score (nSPS) is 14.5. The van der Waals surface area contributed by atoms with Crippen molar-refractivity contribution in [1.29, 1.82) is 0 Å². The van der Waals surface area contributed by atoms with Gasteiger partial charge in [0.15, 0.2) is 0 Å². The van der Waals surface area contributed by atoms with Gasteiger partial charge in [-0.25, -0.2) is 14.9 Å². The van der Waals surface area contributed by atoms with Crippen LogP contribution in [-0.4, -0.2) is 51.7 Å². The zero-order valence-corrected chi connectivity index (χ0v) is 18.7. The van der Waals surface area contributed by atoms with E-state index in [1.165, 1.54) is 12.1 Å². The Hall–Kier alpha value is -3.75. The van der Waals surface area contributed by atoms with Crippen LogP contribution in [0.2, 0.25) is 0 Å². The summed E-state index contributed by atoms with van der Waals surface area (Å²) >= 11 is 0. The number of carbonyl (C=O) groups excluding carboxylic acids is 1. The monoisotopic (exact) mass is 459 g/mol. The molecule has 0 atom stereocenters. The van der Waals surface area contributed by atoms with E-state index < -0.39 is 5.91 Å². The van der Waals surface area contributed by atoms with E-state index in [1.807, 2.05) is 36.7 Å². The molecule has 0 radical (unpaired) electrons. The van der Waals surface area contributed by atoms with Crippen molar-refractivity contribution in [3.63, 3.8) is 0 Å². The molecule has 1 fully saturated rings. The molecule has 1 amide bonds. The minimum Gasteiger partial charge on any atom is -0.368 e. The topological polar surface area (TPSA) is 73.6 Å². The van der Waals surface area contributed by atoms with Crippen molar-refractivity contribution in [2.24, 2.45) is 0 Å². The SMILES string of the molecule is O=C(NO)c1ccc(Cn2ccc3cc(N4CCN(Cc5ccc(F)cc5)CC4)cnc32)cc1. The minimum absolute atomic E-state index is 0.199. The molecule has 0 spiro atoms.